The molecule has 0 aromatic heterocycles. The molecular weight excluding hydrogens is 192 g/mol. The van der Waals surface area contributed by atoms with E-state index in [1.54, 1.807) is 0 Å². The minimum absolute atomic E-state index is 0.0962. The van der Waals surface area contributed by atoms with Crippen LogP contribution in [0, 0.1) is 0 Å². The first kappa shape index (κ1) is 12.5. The van der Waals surface area contributed by atoms with Gasteiger partial charge in [0.25, 0.3) is 0 Å². The van der Waals surface area contributed by atoms with Crippen molar-refractivity contribution in [3.05, 3.63) is 0 Å². The Kier molecular flexibility index (Phi) is 4.11. The smallest absolute Gasteiger partial charge is 0.248 e. The Balaban J connectivity index is 2.39. The molecule has 0 aromatic carbocycles. The number of hydrogen-bond acceptors (Lipinski definition) is 3. The van der Waals surface area contributed by atoms with E-state index in [2.05, 4.69) is 12.2 Å². The zero-order valence-electron chi connectivity index (χ0n) is 10.2. The lowest BCUT2D eigenvalue weighted by Gasteiger charge is -2.34. The average Bonchev–Trinajstić information content (AvgIpc) is 2.14. The Bertz CT molecular complexity index is 223. The second-order valence-electron chi connectivity index (χ2n) is 5.04. The molecule has 1 N–H and O–H groups in total. The van der Waals surface area contributed by atoms with Gasteiger partial charge in [0.1, 0.15) is 6.61 Å². The number of nitrogens with one attached hydrogen (secondary N) is 1. The van der Waals surface area contributed by atoms with Crippen molar-refractivity contribution in [1.82, 2.24) is 10.2 Å². The van der Waals surface area contributed by atoms with Gasteiger partial charge in [0.15, 0.2) is 0 Å². The van der Waals surface area contributed by atoms with Crippen LogP contribution in [0.15, 0.2) is 0 Å². The van der Waals surface area contributed by atoms with Crippen LogP contribution in [0.25, 0.3) is 0 Å². The number of amides is 1. The van der Waals surface area contributed by atoms with E-state index in [1.807, 2.05) is 25.7 Å². The average molecular weight is 214 g/mol. The van der Waals surface area contributed by atoms with Crippen LogP contribution in [0.5, 0.6) is 0 Å². The van der Waals surface area contributed by atoms with Gasteiger partial charge in [0.2, 0.25) is 5.91 Å². The lowest BCUT2D eigenvalue weighted by Crippen LogP contribution is -2.53. The van der Waals surface area contributed by atoms with E-state index in [1.165, 1.54) is 0 Å². The second kappa shape index (κ2) is 4.94. The lowest BCUT2D eigenvalue weighted by atomic mass is 10.2. The van der Waals surface area contributed by atoms with Gasteiger partial charge < -0.3 is 15.0 Å². The van der Waals surface area contributed by atoms with E-state index in [0.717, 1.165) is 19.6 Å². The molecule has 88 valence electrons. The van der Waals surface area contributed by atoms with E-state index in [9.17, 15) is 4.79 Å². The Morgan fingerprint density at radius 3 is 2.73 bits per heavy atom. The quantitative estimate of drug-likeness (QED) is 0.733. The number of carbonyl (C=O) groups is 1. The minimum atomic E-state index is -0.243. The van der Waals surface area contributed by atoms with Crippen LogP contribution in [0.1, 0.15) is 27.7 Å². The highest BCUT2D eigenvalue weighted by atomic mass is 16.5. The molecule has 15 heavy (non-hydrogen) atoms. The molecule has 1 atom stereocenters. The van der Waals surface area contributed by atoms with Gasteiger partial charge >= 0.3 is 0 Å². The SMILES string of the molecule is CC1CNCCN1C(=O)COC(C)(C)C. The summed E-state index contributed by atoms with van der Waals surface area (Å²) in [6.07, 6.45) is 0. The van der Waals surface area contributed by atoms with Crippen molar-refractivity contribution in [3.63, 3.8) is 0 Å². The molecule has 4 heteroatoms. The van der Waals surface area contributed by atoms with Crippen LogP contribution in [0.4, 0.5) is 0 Å². The van der Waals surface area contributed by atoms with Crippen molar-refractivity contribution in [2.45, 2.75) is 39.3 Å². The Morgan fingerprint density at radius 2 is 2.20 bits per heavy atom. The predicted octanol–water partition coefficient (Wildman–Crippen LogP) is 0.622. The molecule has 0 spiro atoms. The highest BCUT2D eigenvalue weighted by Crippen LogP contribution is 2.09. The molecule has 1 amide bonds. The van der Waals surface area contributed by atoms with E-state index in [0.29, 0.717) is 0 Å². The van der Waals surface area contributed by atoms with Crippen LogP contribution < -0.4 is 5.32 Å². The Labute approximate surface area is 92.0 Å². The molecule has 0 saturated carbocycles. The molecule has 1 aliphatic rings. The number of carbonyl (C=O) groups excluding carboxylic acids is 1. The van der Waals surface area contributed by atoms with Crippen molar-refractivity contribution in [3.8, 4) is 0 Å². The standard InChI is InChI=1S/C11H22N2O2/c1-9-7-12-5-6-13(9)10(14)8-15-11(2,3)4/h9,12H,5-8H2,1-4H3. The molecule has 0 radical (unpaired) electrons. The molecule has 1 rings (SSSR count). The number of ether oxygens (including phenoxy) is 1. The Morgan fingerprint density at radius 1 is 1.53 bits per heavy atom. The third-order valence-electron chi connectivity index (χ3n) is 2.45. The van der Waals surface area contributed by atoms with E-state index in [4.69, 9.17) is 4.74 Å². The van der Waals surface area contributed by atoms with Gasteiger partial charge in [-0.25, -0.2) is 0 Å². The van der Waals surface area contributed by atoms with Crippen LogP contribution in [0.3, 0.4) is 0 Å². The second-order valence-corrected chi connectivity index (χ2v) is 5.04. The number of hydrogen-bond donors (Lipinski definition) is 1. The van der Waals surface area contributed by atoms with Crippen LogP contribution in [-0.4, -0.2) is 48.7 Å². The summed E-state index contributed by atoms with van der Waals surface area (Å²) in [5.74, 6) is 0.0962. The van der Waals surface area contributed by atoms with Crippen LogP contribution >= 0.6 is 0 Å². The number of nitrogens with zero attached hydrogens (tertiary/aromatic N) is 1. The normalized spacial score (nSPS) is 22.9. The molecule has 4 nitrogen and oxygen atoms in total. The maximum Gasteiger partial charge on any atom is 0.248 e. The maximum absolute atomic E-state index is 11.8. The zero-order valence-corrected chi connectivity index (χ0v) is 10.2. The third-order valence-corrected chi connectivity index (χ3v) is 2.45. The number of piperazine rings is 1. The lowest BCUT2D eigenvalue weighted by molar-refractivity contribution is -0.143. The van der Waals surface area contributed by atoms with E-state index >= 15 is 0 Å². The van der Waals surface area contributed by atoms with E-state index < -0.39 is 0 Å². The fraction of sp³-hybridized carbons (Fsp3) is 0.909. The summed E-state index contributed by atoms with van der Waals surface area (Å²) in [5.41, 5.74) is -0.243. The summed E-state index contributed by atoms with van der Waals surface area (Å²) >= 11 is 0. The van der Waals surface area contributed by atoms with Gasteiger partial charge in [-0.1, -0.05) is 0 Å². The van der Waals surface area contributed by atoms with E-state index in [-0.39, 0.29) is 24.2 Å². The van der Waals surface area contributed by atoms with Crippen molar-refractivity contribution >= 4 is 5.91 Å². The fourth-order valence-corrected chi connectivity index (χ4v) is 1.57. The van der Waals surface area contributed by atoms with Gasteiger partial charge in [-0.05, 0) is 27.7 Å². The summed E-state index contributed by atoms with van der Waals surface area (Å²) < 4.78 is 5.48. The Hall–Kier alpha value is -0.610. The summed E-state index contributed by atoms with van der Waals surface area (Å²) in [6, 6.07) is 0.273. The fourth-order valence-electron chi connectivity index (χ4n) is 1.57. The van der Waals surface area contributed by atoms with Gasteiger partial charge in [-0.15, -0.1) is 0 Å². The predicted molar refractivity (Wildman–Crippen MR) is 59.7 cm³/mol. The molecule has 1 heterocycles. The molecule has 1 saturated heterocycles. The monoisotopic (exact) mass is 214 g/mol. The summed E-state index contributed by atoms with van der Waals surface area (Å²) in [5, 5.41) is 3.26. The molecular formula is C11H22N2O2. The van der Waals surface area contributed by atoms with Gasteiger partial charge in [-0.2, -0.15) is 0 Å². The number of rotatable bonds is 2. The molecule has 1 unspecified atom stereocenters. The van der Waals surface area contributed by atoms with Gasteiger partial charge in [0, 0.05) is 25.7 Å². The maximum atomic E-state index is 11.8. The van der Waals surface area contributed by atoms with Crippen molar-refractivity contribution in [1.29, 1.82) is 0 Å². The molecule has 0 aromatic rings. The molecule has 0 aliphatic carbocycles. The third kappa shape index (κ3) is 4.18. The summed E-state index contributed by atoms with van der Waals surface area (Å²) in [4.78, 5) is 13.7. The molecule has 1 fully saturated rings. The highest BCUT2D eigenvalue weighted by Gasteiger charge is 2.24. The van der Waals surface area contributed by atoms with Gasteiger partial charge in [-0.3, -0.25) is 4.79 Å². The molecule has 0 bridgehead atoms. The zero-order chi connectivity index (χ0) is 11.5. The van der Waals surface area contributed by atoms with Crippen molar-refractivity contribution in [2.24, 2.45) is 0 Å². The van der Waals surface area contributed by atoms with Crippen molar-refractivity contribution in [2.75, 3.05) is 26.2 Å². The minimum Gasteiger partial charge on any atom is -0.366 e. The van der Waals surface area contributed by atoms with Crippen molar-refractivity contribution < 1.29 is 9.53 Å². The summed E-state index contributed by atoms with van der Waals surface area (Å²) in [6.45, 7) is 10.7. The first-order valence-electron chi connectivity index (χ1n) is 5.54. The first-order valence-corrected chi connectivity index (χ1v) is 5.54. The summed E-state index contributed by atoms with van der Waals surface area (Å²) in [7, 11) is 0. The molecule has 1 aliphatic heterocycles. The van der Waals surface area contributed by atoms with Gasteiger partial charge in [0.05, 0.1) is 5.60 Å². The first-order chi connectivity index (χ1) is 6.90. The van der Waals surface area contributed by atoms with Crippen LogP contribution in [0.2, 0.25) is 0 Å². The highest BCUT2D eigenvalue weighted by molar-refractivity contribution is 5.78. The van der Waals surface area contributed by atoms with Crippen LogP contribution in [-0.2, 0) is 9.53 Å². The largest absolute Gasteiger partial charge is 0.366 e. The topological polar surface area (TPSA) is 41.6 Å².